The van der Waals surface area contributed by atoms with E-state index in [1.54, 1.807) is 6.07 Å². The highest BCUT2D eigenvalue weighted by atomic mass is 16.4. The minimum Gasteiger partial charge on any atom is -0.478 e. The molecule has 0 bridgehead atoms. The quantitative estimate of drug-likeness (QED) is 0.502. The lowest BCUT2D eigenvalue weighted by atomic mass is 9.98. The molecule has 1 aromatic heterocycles. The third-order valence-electron chi connectivity index (χ3n) is 4.80. The number of aromatic nitrogens is 1. The number of rotatable bonds is 4. The van der Waals surface area contributed by atoms with Crippen LogP contribution >= 0.6 is 0 Å². The molecular weight excluding hydrogens is 334 g/mol. The molecule has 3 aromatic carbocycles. The molecule has 0 atom stereocenters. The van der Waals surface area contributed by atoms with E-state index in [0.29, 0.717) is 16.6 Å². The Hall–Kier alpha value is -3.46. The first-order valence-corrected chi connectivity index (χ1v) is 8.98. The van der Waals surface area contributed by atoms with Gasteiger partial charge in [-0.1, -0.05) is 67.6 Å². The summed E-state index contributed by atoms with van der Waals surface area (Å²) in [6.45, 7) is 2.13. The highest BCUT2D eigenvalue weighted by Crippen LogP contribution is 2.29. The minimum atomic E-state index is -0.946. The van der Waals surface area contributed by atoms with Crippen molar-refractivity contribution in [1.29, 1.82) is 0 Å². The van der Waals surface area contributed by atoms with Gasteiger partial charge in [0.2, 0.25) is 0 Å². The highest BCUT2D eigenvalue weighted by molar-refractivity contribution is 6.05. The first-order valence-electron chi connectivity index (χ1n) is 8.98. The second-order valence-corrected chi connectivity index (χ2v) is 6.51. The Bertz CT molecular complexity index is 1120. The molecule has 0 aliphatic rings. The van der Waals surface area contributed by atoms with Gasteiger partial charge in [-0.05, 0) is 41.3 Å². The third-order valence-corrected chi connectivity index (χ3v) is 4.80. The maximum Gasteiger partial charge on any atom is 0.336 e. The van der Waals surface area contributed by atoms with Crippen molar-refractivity contribution in [3.8, 4) is 22.4 Å². The second kappa shape index (κ2) is 7.04. The molecule has 3 heteroatoms. The minimum absolute atomic E-state index is 0.269. The van der Waals surface area contributed by atoms with Crippen LogP contribution in [0.25, 0.3) is 33.3 Å². The van der Waals surface area contributed by atoms with Crippen molar-refractivity contribution >= 4 is 16.9 Å². The van der Waals surface area contributed by atoms with E-state index in [1.165, 1.54) is 5.56 Å². The van der Waals surface area contributed by atoms with Crippen LogP contribution in [0, 0.1) is 0 Å². The van der Waals surface area contributed by atoms with E-state index in [1.807, 2.05) is 48.5 Å². The maximum atomic E-state index is 11.9. The summed E-state index contributed by atoms with van der Waals surface area (Å²) in [4.78, 5) is 16.6. The lowest BCUT2D eigenvalue weighted by molar-refractivity contribution is 0.0699. The number of carboxylic acids is 1. The van der Waals surface area contributed by atoms with Gasteiger partial charge in [0.1, 0.15) is 0 Å². The molecule has 0 radical (unpaired) electrons. The fraction of sp³-hybridized carbons (Fsp3) is 0.0833. The number of fused-ring (bicyclic) bond motifs is 1. The SMILES string of the molecule is CCc1ccc(-c2ccc3nc(-c4ccccc4)cc(C(=O)O)c3c2)cc1. The van der Waals surface area contributed by atoms with Crippen molar-refractivity contribution in [1.82, 2.24) is 4.98 Å². The lowest BCUT2D eigenvalue weighted by Crippen LogP contribution is -2.00. The fourth-order valence-electron chi connectivity index (χ4n) is 3.27. The van der Waals surface area contributed by atoms with Gasteiger partial charge in [-0.2, -0.15) is 0 Å². The fourth-order valence-corrected chi connectivity index (χ4v) is 3.27. The molecule has 132 valence electrons. The summed E-state index contributed by atoms with van der Waals surface area (Å²) in [7, 11) is 0. The smallest absolute Gasteiger partial charge is 0.336 e. The lowest BCUT2D eigenvalue weighted by Gasteiger charge is -2.10. The zero-order chi connectivity index (χ0) is 18.8. The van der Waals surface area contributed by atoms with Crippen molar-refractivity contribution in [3.63, 3.8) is 0 Å². The summed E-state index contributed by atoms with van der Waals surface area (Å²) in [5.41, 5.74) is 5.86. The molecule has 0 aliphatic carbocycles. The van der Waals surface area contributed by atoms with Gasteiger partial charge in [0.25, 0.3) is 0 Å². The summed E-state index contributed by atoms with van der Waals surface area (Å²) in [6.07, 6.45) is 0.993. The van der Waals surface area contributed by atoms with Crippen LogP contribution in [-0.2, 0) is 6.42 Å². The van der Waals surface area contributed by atoms with Gasteiger partial charge in [-0.15, -0.1) is 0 Å². The van der Waals surface area contributed by atoms with Gasteiger partial charge in [0.15, 0.2) is 0 Å². The van der Waals surface area contributed by atoms with Crippen LogP contribution in [-0.4, -0.2) is 16.1 Å². The Balaban J connectivity index is 1.87. The predicted octanol–water partition coefficient (Wildman–Crippen LogP) is 5.83. The zero-order valence-corrected chi connectivity index (χ0v) is 15.0. The van der Waals surface area contributed by atoms with Crippen LogP contribution in [0.2, 0.25) is 0 Å². The van der Waals surface area contributed by atoms with Crippen molar-refractivity contribution in [2.75, 3.05) is 0 Å². The summed E-state index contributed by atoms with van der Waals surface area (Å²) in [6, 6.07) is 25.5. The van der Waals surface area contributed by atoms with Gasteiger partial charge in [-0.3, -0.25) is 0 Å². The van der Waals surface area contributed by atoms with Crippen LogP contribution in [0.4, 0.5) is 0 Å². The largest absolute Gasteiger partial charge is 0.478 e. The molecule has 0 spiro atoms. The number of aryl methyl sites for hydroxylation is 1. The molecule has 0 aliphatic heterocycles. The Morgan fingerprint density at radius 3 is 2.22 bits per heavy atom. The maximum absolute atomic E-state index is 11.9. The van der Waals surface area contributed by atoms with E-state index in [9.17, 15) is 9.90 Å². The number of carboxylic acid groups (broad SMARTS) is 1. The molecule has 0 amide bonds. The number of hydrogen-bond donors (Lipinski definition) is 1. The zero-order valence-electron chi connectivity index (χ0n) is 15.0. The monoisotopic (exact) mass is 353 g/mol. The standard InChI is InChI=1S/C24H19NO2/c1-2-16-8-10-17(11-9-16)19-12-13-22-20(14-19)21(24(26)27)15-23(25-22)18-6-4-3-5-7-18/h3-15H,2H2,1H3,(H,26,27). The van der Waals surface area contributed by atoms with Crippen LogP contribution in [0.15, 0.2) is 78.9 Å². The molecule has 27 heavy (non-hydrogen) atoms. The van der Waals surface area contributed by atoms with E-state index < -0.39 is 5.97 Å². The number of benzene rings is 3. The Morgan fingerprint density at radius 2 is 1.56 bits per heavy atom. The van der Waals surface area contributed by atoms with Crippen molar-refractivity contribution in [2.45, 2.75) is 13.3 Å². The normalized spacial score (nSPS) is 10.9. The molecule has 0 saturated carbocycles. The van der Waals surface area contributed by atoms with Gasteiger partial charge in [0.05, 0.1) is 16.8 Å². The van der Waals surface area contributed by atoms with E-state index >= 15 is 0 Å². The number of nitrogens with zero attached hydrogens (tertiary/aromatic N) is 1. The molecule has 1 heterocycles. The van der Waals surface area contributed by atoms with Crippen LogP contribution in [0.1, 0.15) is 22.8 Å². The van der Waals surface area contributed by atoms with Crippen LogP contribution in [0.5, 0.6) is 0 Å². The molecular formula is C24H19NO2. The molecule has 3 nitrogen and oxygen atoms in total. The van der Waals surface area contributed by atoms with Crippen molar-refractivity contribution in [3.05, 3.63) is 90.0 Å². The first kappa shape index (κ1) is 17.0. The number of aromatic carboxylic acids is 1. The molecule has 1 N–H and O–H groups in total. The van der Waals surface area contributed by atoms with Crippen LogP contribution in [0.3, 0.4) is 0 Å². The summed E-state index contributed by atoms with van der Waals surface area (Å²) >= 11 is 0. The second-order valence-electron chi connectivity index (χ2n) is 6.51. The van der Waals surface area contributed by atoms with E-state index in [2.05, 4.69) is 36.2 Å². The molecule has 0 unspecified atom stereocenters. The summed E-state index contributed by atoms with van der Waals surface area (Å²) in [5, 5.41) is 10.4. The van der Waals surface area contributed by atoms with Gasteiger partial charge in [0, 0.05) is 10.9 Å². The Morgan fingerprint density at radius 1 is 0.852 bits per heavy atom. The first-order chi connectivity index (χ1) is 13.2. The van der Waals surface area contributed by atoms with Gasteiger partial charge >= 0.3 is 5.97 Å². The van der Waals surface area contributed by atoms with Crippen LogP contribution < -0.4 is 0 Å². The Labute approximate surface area is 157 Å². The number of pyridine rings is 1. The van der Waals surface area contributed by atoms with Crippen molar-refractivity contribution < 1.29 is 9.90 Å². The topological polar surface area (TPSA) is 50.2 Å². The van der Waals surface area contributed by atoms with Crippen molar-refractivity contribution in [2.24, 2.45) is 0 Å². The molecule has 4 rings (SSSR count). The molecule has 0 saturated heterocycles. The third kappa shape index (κ3) is 3.32. The van der Waals surface area contributed by atoms with E-state index in [-0.39, 0.29) is 5.56 Å². The summed E-state index contributed by atoms with van der Waals surface area (Å²) in [5.74, 6) is -0.946. The number of carbonyl (C=O) groups is 1. The highest BCUT2D eigenvalue weighted by Gasteiger charge is 2.14. The average molecular weight is 353 g/mol. The van der Waals surface area contributed by atoms with E-state index in [4.69, 9.17) is 0 Å². The van der Waals surface area contributed by atoms with Gasteiger partial charge < -0.3 is 5.11 Å². The molecule has 0 fully saturated rings. The average Bonchev–Trinajstić information content (AvgIpc) is 2.73. The Kier molecular flexibility index (Phi) is 4.43. The van der Waals surface area contributed by atoms with Gasteiger partial charge in [-0.25, -0.2) is 9.78 Å². The predicted molar refractivity (Wildman–Crippen MR) is 109 cm³/mol. The number of hydrogen-bond acceptors (Lipinski definition) is 2. The van der Waals surface area contributed by atoms with E-state index in [0.717, 1.165) is 23.1 Å². The molecule has 4 aromatic rings. The summed E-state index contributed by atoms with van der Waals surface area (Å²) < 4.78 is 0.